The van der Waals surface area contributed by atoms with Gasteiger partial charge in [0.2, 0.25) is 5.78 Å². The molecule has 27 heavy (non-hydrogen) atoms. The van der Waals surface area contributed by atoms with Crippen molar-refractivity contribution < 1.29 is 28.3 Å². The molecule has 2 N–H and O–H groups in total. The molecule has 8 heteroatoms. The van der Waals surface area contributed by atoms with Crippen molar-refractivity contribution in [3.63, 3.8) is 0 Å². The summed E-state index contributed by atoms with van der Waals surface area (Å²) in [4.78, 5) is 51.2. The number of ether oxygens (including phenoxy) is 1. The van der Waals surface area contributed by atoms with E-state index in [1.165, 1.54) is 33.1 Å². The molecule has 2 aromatic rings. The van der Waals surface area contributed by atoms with Gasteiger partial charge >= 0.3 is 5.97 Å². The van der Waals surface area contributed by atoms with Gasteiger partial charge in [0.05, 0.1) is 12.0 Å². The van der Waals surface area contributed by atoms with Crippen LogP contribution in [0, 0.1) is 13.8 Å². The van der Waals surface area contributed by atoms with Gasteiger partial charge < -0.3 is 19.5 Å². The van der Waals surface area contributed by atoms with Crippen molar-refractivity contribution in [3.05, 3.63) is 46.7 Å². The van der Waals surface area contributed by atoms with E-state index in [-0.39, 0.29) is 17.2 Å². The third kappa shape index (κ3) is 4.33. The van der Waals surface area contributed by atoms with Gasteiger partial charge in [0.1, 0.15) is 6.04 Å². The summed E-state index contributed by atoms with van der Waals surface area (Å²) in [5.41, 5.74) is 1.79. The zero-order valence-electron chi connectivity index (χ0n) is 15.8. The number of ketones is 2. The van der Waals surface area contributed by atoms with E-state index < -0.39 is 29.8 Å². The third-order valence-corrected chi connectivity index (χ3v) is 4.14. The van der Waals surface area contributed by atoms with E-state index in [0.29, 0.717) is 16.8 Å². The summed E-state index contributed by atoms with van der Waals surface area (Å²) in [5.74, 6) is -1.87. The van der Waals surface area contributed by atoms with Crippen LogP contribution >= 0.6 is 0 Å². The molecule has 0 fully saturated rings. The molecule has 144 valence electrons. The molecule has 0 saturated heterocycles. The molecule has 0 spiro atoms. The van der Waals surface area contributed by atoms with Crippen molar-refractivity contribution in [2.45, 2.75) is 46.8 Å². The lowest BCUT2D eigenvalue weighted by atomic mass is 10.0. The molecule has 2 rings (SSSR count). The molecule has 2 heterocycles. The normalized spacial score (nSPS) is 12.9. The lowest BCUT2D eigenvalue weighted by Crippen LogP contribution is -2.41. The highest BCUT2D eigenvalue weighted by molar-refractivity contribution is 6.05. The fourth-order valence-electron chi connectivity index (χ4n) is 2.79. The molecule has 0 aliphatic rings. The minimum atomic E-state index is -1.09. The highest BCUT2D eigenvalue weighted by atomic mass is 16.5. The van der Waals surface area contributed by atoms with E-state index in [2.05, 4.69) is 10.3 Å². The molecular weight excluding hydrogens is 352 g/mol. The molecule has 0 unspecified atom stereocenters. The number of Topliss-reactive ketones (excluding diaryl/α,β-unsaturated/α-hetero) is 2. The number of esters is 1. The molecule has 0 saturated carbocycles. The van der Waals surface area contributed by atoms with Gasteiger partial charge in [-0.25, -0.2) is 4.79 Å². The molecule has 0 aliphatic heterocycles. The van der Waals surface area contributed by atoms with Crippen molar-refractivity contribution in [2.24, 2.45) is 0 Å². The SMILES string of the molecule is CC(=O)c1c(C)[nH]c(C(=O)[C@H](C)OC(=O)[C@H](C)NC(=O)c2ccco2)c1C. The summed E-state index contributed by atoms with van der Waals surface area (Å²) in [7, 11) is 0. The summed E-state index contributed by atoms with van der Waals surface area (Å²) in [6.07, 6.45) is 0.256. The van der Waals surface area contributed by atoms with Crippen LogP contribution in [-0.4, -0.2) is 40.6 Å². The van der Waals surface area contributed by atoms with Crippen LogP contribution in [0.4, 0.5) is 0 Å². The van der Waals surface area contributed by atoms with E-state index in [1.807, 2.05) is 0 Å². The zero-order valence-corrected chi connectivity index (χ0v) is 15.8. The smallest absolute Gasteiger partial charge is 0.329 e. The average Bonchev–Trinajstić information content (AvgIpc) is 3.21. The van der Waals surface area contributed by atoms with Crippen molar-refractivity contribution in [1.82, 2.24) is 10.3 Å². The van der Waals surface area contributed by atoms with E-state index in [1.54, 1.807) is 19.9 Å². The average molecular weight is 374 g/mol. The zero-order chi connectivity index (χ0) is 20.3. The molecule has 0 radical (unpaired) electrons. The van der Waals surface area contributed by atoms with Crippen LogP contribution in [-0.2, 0) is 9.53 Å². The first-order valence-electron chi connectivity index (χ1n) is 8.42. The number of hydrogen-bond donors (Lipinski definition) is 2. The molecule has 8 nitrogen and oxygen atoms in total. The lowest BCUT2D eigenvalue weighted by Gasteiger charge is -2.16. The van der Waals surface area contributed by atoms with Crippen LogP contribution in [0.3, 0.4) is 0 Å². The van der Waals surface area contributed by atoms with E-state index in [9.17, 15) is 19.2 Å². The maximum absolute atomic E-state index is 12.6. The first kappa shape index (κ1) is 20.2. The van der Waals surface area contributed by atoms with Crippen LogP contribution in [0.2, 0.25) is 0 Å². The maximum atomic E-state index is 12.6. The first-order chi connectivity index (χ1) is 12.6. The van der Waals surface area contributed by atoms with Gasteiger partial charge in [-0.3, -0.25) is 14.4 Å². The number of carbonyl (C=O) groups is 4. The second-order valence-corrected chi connectivity index (χ2v) is 6.30. The van der Waals surface area contributed by atoms with Gasteiger partial charge in [0, 0.05) is 11.3 Å². The predicted octanol–water partition coefficient (Wildman–Crippen LogP) is 2.36. The monoisotopic (exact) mass is 374 g/mol. The number of aromatic nitrogens is 1. The number of furan rings is 1. The Morgan fingerprint density at radius 3 is 2.37 bits per heavy atom. The van der Waals surface area contributed by atoms with Crippen LogP contribution in [0.5, 0.6) is 0 Å². The topological polar surface area (TPSA) is 118 Å². The number of H-pyrrole nitrogens is 1. The summed E-state index contributed by atoms with van der Waals surface area (Å²) >= 11 is 0. The maximum Gasteiger partial charge on any atom is 0.329 e. The quantitative estimate of drug-likeness (QED) is 0.567. The van der Waals surface area contributed by atoms with Gasteiger partial charge in [-0.1, -0.05) is 0 Å². The second kappa shape index (κ2) is 8.03. The Bertz CT molecular complexity index is 878. The van der Waals surface area contributed by atoms with Gasteiger partial charge in [-0.2, -0.15) is 0 Å². The molecule has 0 bridgehead atoms. The fourth-order valence-corrected chi connectivity index (χ4v) is 2.79. The largest absolute Gasteiger partial charge is 0.459 e. The number of amides is 1. The summed E-state index contributed by atoms with van der Waals surface area (Å²) in [6, 6.07) is 2.04. The van der Waals surface area contributed by atoms with Gasteiger partial charge in [-0.15, -0.1) is 0 Å². The number of aryl methyl sites for hydroxylation is 1. The number of aromatic amines is 1. The van der Waals surface area contributed by atoms with Gasteiger partial charge in [0.25, 0.3) is 5.91 Å². The van der Waals surface area contributed by atoms with Crippen molar-refractivity contribution in [1.29, 1.82) is 0 Å². The Labute approximate surface area is 156 Å². The van der Waals surface area contributed by atoms with Crippen LogP contribution < -0.4 is 5.32 Å². The van der Waals surface area contributed by atoms with Crippen molar-refractivity contribution in [2.75, 3.05) is 0 Å². The molecule has 1 amide bonds. The first-order valence-corrected chi connectivity index (χ1v) is 8.42. The van der Waals surface area contributed by atoms with E-state index in [4.69, 9.17) is 9.15 Å². The minimum Gasteiger partial charge on any atom is -0.459 e. The summed E-state index contributed by atoms with van der Waals surface area (Å²) in [5, 5.41) is 2.43. The van der Waals surface area contributed by atoms with Crippen LogP contribution in [0.1, 0.15) is 63.4 Å². The highest BCUT2D eigenvalue weighted by Gasteiger charge is 2.28. The Hall–Kier alpha value is -3.16. The summed E-state index contributed by atoms with van der Waals surface area (Å²) < 4.78 is 10.1. The Kier molecular flexibility index (Phi) is 5.99. The van der Waals surface area contributed by atoms with Gasteiger partial charge in [0.15, 0.2) is 17.6 Å². The van der Waals surface area contributed by atoms with Gasteiger partial charge in [-0.05, 0) is 52.3 Å². The van der Waals surface area contributed by atoms with Crippen LogP contribution in [0.25, 0.3) is 0 Å². The molecule has 0 aliphatic carbocycles. The van der Waals surface area contributed by atoms with Crippen molar-refractivity contribution >= 4 is 23.4 Å². The molecule has 2 atom stereocenters. The van der Waals surface area contributed by atoms with E-state index >= 15 is 0 Å². The molecule has 2 aromatic heterocycles. The lowest BCUT2D eigenvalue weighted by molar-refractivity contribution is -0.148. The highest BCUT2D eigenvalue weighted by Crippen LogP contribution is 2.20. The minimum absolute atomic E-state index is 0.0630. The number of carbonyl (C=O) groups excluding carboxylic acids is 4. The summed E-state index contributed by atoms with van der Waals surface area (Å²) in [6.45, 7) is 7.66. The van der Waals surface area contributed by atoms with Crippen molar-refractivity contribution in [3.8, 4) is 0 Å². The predicted molar refractivity (Wildman–Crippen MR) is 95.8 cm³/mol. The Balaban J connectivity index is 2.03. The number of nitrogens with one attached hydrogen (secondary N) is 2. The van der Waals surface area contributed by atoms with Crippen LogP contribution in [0.15, 0.2) is 22.8 Å². The Morgan fingerprint density at radius 1 is 1.19 bits per heavy atom. The third-order valence-electron chi connectivity index (χ3n) is 4.14. The number of rotatable bonds is 7. The van der Waals surface area contributed by atoms with E-state index in [0.717, 1.165) is 0 Å². The fraction of sp³-hybridized carbons (Fsp3) is 0.368. The standard InChI is InChI=1S/C19H22N2O6/c1-9-15(12(4)22)10(2)20-16(9)17(23)13(5)27-19(25)11(3)21-18(24)14-7-6-8-26-14/h6-8,11,13,20H,1-5H3,(H,21,24)/t11-,13-/m0/s1. The second-order valence-electron chi connectivity index (χ2n) is 6.30. The molecule has 0 aromatic carbocycles. The molecular formula is C19H22N2O6. The number of hydrogen-bond acceptors (Lipinski definition) is 6. The Morgan fingerprint density at radius 2 is 1.85 bits per heavy atom.